The number of anilines is 1. The lowest BCUT2D eigenvalue weighted by Crippen LogP contribution is -2.38. The Morgan fingerprint density at radius 2 is 1.88 bits per heavy atom. The van der Waals surface area contributed by atoms with E-state index in [0.717, 1.165) is 34.1 Å². The van der Waals surface area contributed by atoms with Crippen LogP contribution < -0.4 is 4.90 Å². The number of para-hydroxylation sites is 1. The molecule has 0 bridgehead atoms. The zero-order chi connectivity index (χ0) is 18.3. The molecule has 1 heterocycles. The summed E-state index contributed by atoms with van der Waals surface area (Å²) >= 11 is 3.41. The topological polar surface area (TPSA) is 46.6 Å². The van der Waals surface area contributed by atoms with Gasteiger partial charge in [0.25, 0.3) is 5.91 Å². The first kappa shape index (κ1) is 17.3. The first-order chi connectivity index (χ1) is 12.5. The number of ether oxygens (including phenoxy) is 1. The van der Waals surface area contributed by atoms with E-state index in [1.807, 2.05) is 55.5 Å². The summed E-state index contributed by atoms with van der Waals surface area (Å²) < 4.78 is 6.36. The van der Waals surface area contributed by atoms with E-state index in [1.54, 1.807) is 4.90 Å². The Labute approximate surface area is 161 Å². The van der Waals surface area contributed by atoms with Crippen molar-refractivity contribution in [3.8, 4) is 0 Å². The Balaban J connectivity index is 1.34. The third-order valence-corrected chi connectivity index (χ3v) is 5.73. The summed E-state index contributed by atoms with van der Waals surface area (Å²) in [6.45, 7) is 1.82. The van der Waals surface area contributed by atoms with E-state index in [1.165, 1.54) is 0 Å². The summed E-state index contributed by atoms with van der Waals surface area (Å²) in [5.41, 5.74) is 3.24. The highest BCUT2D eigenvalue weighted by atomic mass is 79.9. The fourth-order valence-electron chi connectivity index (χ4n) is 3.79. The van der Waals surface area contributed by atoms with Crippen LogP contribution in [0.3, 0.4) is 0 Å². The maximum atomic E-state index is 12.6. The molecule has 4 nitrogen and oxygen atoms in total. The first-order valence-electron chi connectivity index (χ1n) is 8.86. The molecule has 1 aliphatic carbocycles. The van der Waals surface area contributed by atoms with Crippen LogP contribution in [0.2, 0.25) is 0 Å². The Hall–Kier alpha value is -2.14. The monoisotopic (exact) mass is 413 g/mol. The van der Waals surface area contributed by atoms with Crippen molar-refractivity contribution in [2.45, 2.75) is 31.7 Å². The number of esters is 1. The van der Waals surface area contributed by atoms with Crippen molar-refractivity contribution < 1.29 is 14.3 Å². The highest BCUT2D eigenvalue weighted by molar-refractivity contribution is 9.10. The second kappa shape index (κ2) is 6.88. The van der Waals surface area contributed by atoms with Gasteiger partial charge in [-0.2, -0.15) is 0 Å². The maximum absolute atomic E-state index is 12.6. The smallest absolute Gasteiger partial charge is 0.310 e. The summed E-state index contributed by atoms with van der Waals surface area (Å²) in [5.74, 6) is -0.354. The average Bonchev–Trinajstić information content (AvgIpc) is 3.36. The number of rotatable bonds is 4. The van der Waals surface area contributed by atoms with Crippen LogP contribution >= 0.6 is 15.9 Å². The van der Waals surface area contributed by atoms with Crippen molar-refractivity contribution in [1.29, 1.82) is 0 Å². The Bertz CT molecular complexity index is 849. The zero-order valence-corrected chi connectivity index (χ0v) is 16.1. The summed E-state index contributed by atoms with van der Waals surface area (Å²) in [5, 5.41) is 0. The number of amides is 1. The van der Waals surface area contributed by atoms with Crippen LogP contribution in [0.1, 0.15) is 30.4 Å². The molecule has 0 radical (unpaired) electrons. The minimum Gasteiger partial charge on any atom is -0.455 e. The van der Waals surface area contributed by atoms with E-state index in [4.69, 9.17) is 4.74 Å². The molecule has 1 saturated carbocycles. The lowest BCUT2D eigenvalue weighted by atomic mass is 10.1. The van der Waals surface area contributed by atoms with Gasteiger partial charge in [0.05, 0.1) is 5.92 Å². The number of carbonyl (C=O) groups excluding carboxylic acids is 2. The van der Waals surface area contributed by atoms with E-state index in [2.05, 4.69) is 15.9 Å². The molecule has 2 aliphatic rings. The molecule has 4 rings (SSSR count). The predicted molar refractivity (Wildman–Crippen MR) is 103 cm³/mol. The summed E-state index contributed by atoms with van der Waals surface area (Å²) in [6, 6.07) is 16.0. The molecule has 0 saturated heterocycles. The van der Waals surface area contributed by atoms with Crippen molar-refractivity contribution in [2.24, 2.45) is 5.92 Å². The minimum absolute atomic E-state index is 0.0926. The SMILES string of the molecule is CC1Cc2ccccc2N1C(=O)COC(=O)[C@@H]1C[C@H]1c1ccc(Br)cc1. The standard InChI is InChI=1S/C21H20BrNO3/c1-13-10-15-4-2-3-5-19(15)23(13)20(24)12-26-21(25)18-11-17(18)14-6-8-16(22)9-7-14/h2-9,13,17-18H,10-12H2,1H3/t13?,17-,18+/m0/s1. The second-order valence-electron chi connectivity index (χ2n) is 7.05. The molecular weight excluding hydrogens is 394 g/mol. The van der Waals surface area contributed by atoms with E-state index >= 15 is 0 Å². The van der Waals surface area contributed by atoms with Gasteiger partial charge in [-0.3, -0.25) is 9.59 Å². The lowest BCUT2D eigenvalue weighted by molar-refractivity contribution is -0.149. The normalized spacial score (nSPS) is 23.5. The molecule has 0 aromatic heterocycles. The van der Waals surface area contributed by atoms with Gasteiger partial charge in [-0.1, -0.05) is 46.3 Å². The van der Waals surface area contributed by atoms with Gasteiger partial charge in [0, 0.05) is 16.2 Å². The second-order valence-corrected chi connectivity index (χ2v) is 7.97. The molecule has 5 heteroatoms. The van der Waals surface area contributed by atoms with Gasteiger partial charge in [-0.25, -0.2) is 0 Å². The third-order valence-electron chi connectivity index (χ3n) is 5.21. The lowest BCUT2D eigenvalue weighted by Gasteiger charge is -2.22. The van der Waals surface area contributed by atoms with Gasteiger partial charge in [-0.15, -0.1) is 0 Å². The van der Waals surface area contributed by atoms with E-state index in [-0.39, 0.29) is 36.4 Å². The van der Waals surface area contributed by atoms with E-state index in [9.17, 15) is 9.59 Å². The number of nitrogens with zero attached hydrogens (tertiary/aromatic N) is 1. The number of benzene rings is 2. The number of carbonyl (C=O) groups is 2. The van der Waals surface area contributed by atoms with Crippen LogP contribution in [0.4, 0.5) is 5.69 Å². The van der Waals surface area contributed by atoms with Crippen molar-refractivity contribution in [2.75, 3.05) is 11.5 Å². The largest absolute Gasteiger partial charge is 0.455 e. The van der Waals surface area contributed by atoms with E-state index in [0.29, 0.717) is 0 Å². The summed E-state index contributed by atoms with van der Waals surface area (Å²) in [7, 11) is 0. The van der Waals surface area contributed by atoms with Gasteiger partial charge in [-0.05, 0) is 55.0 Å². The summed E-state index contributed by atoms with van der Waals surface area (Å²) in [4.78, 5) is 26.7. The fourth-order valence-corrected chi connectivity index (χ4v) is 4.05. The highest BCUT2D eigenvalue weighted by Crippen LogP contribution is 2.48. The van der Waals surface area contributed by atoms with Gasteiger partial charge < -0.3 is 9.64 Å². The quantitative estimate of drug-likeness (QED) is 0.709. The van der Waals surface area contributed by atoms with Gasteiger partial charge in [0.2, 0.25) is 0 Å². The molecular formula is C21H20BrNO3. The molecule has 0 spiro atoms. The van der Waals surface area contributed by atoms with Crippen molar-refractivity contribution >= 4 is 33.5 Å². The van der Waals surface area contributed by atoms with E-state index < -0.39 is 0 Å². The van der Waals surface area contributed by atoms with Gasteiger partial charge >= 0.3 is 5.97 Å². The van der Waals surface area contributed by atoms with Crippen LogP contribution in [0.15, 0.2) is 53.0 Å². The molecule has 0 N–H and O–H groups in total. The van der Waals surface area contributed by atoms with Crippen LogP contribution in [-0.4, -0.2) is 24.5 Å². The van der Waals surface area contributed by atoms with Crippen molar-refractivity contribution in [1.82, 2.24) is 0 Å². The Morgan fingerprint density at radius 3 is 2.65 bits per heavy atom. The van der Waals surface area contributed by atoms with Crippen LogP contribution in [0.25, 0.3) is 0 Å². The molecule has 2 aromatic carbocycles. The molecule has 134 valence electrons. The number of hydrogen-bond donors (Lipinski definition) is 0. The van der Waals surface area contributed by atoms with Gasteiger partial charge in [0.15, 0.2) is 6.61 Å². The summed E-state index contributed by atoms with van der Waals surface area (Å²) in [6.07, 6.45) is 1.63. The average molecular weight is 414 g/mol. The molecule has 2 aromatic rings. The Morgan fingerprint density at radius 1 is 1.15 bits per heavy atom. The van der Waals surface area contributed by atoms with Crippen molar-refractivity contribution in [3.63, 3.8) is 0 Å². The highest BCUT2D eigenvalue weighted by Gasteiger charge is 2.45. The predicted octanol–water partition coefficient (Wildman–Crippen LogP) is 4.07. The minimum atomic E-state index is -0.272. The van der Waals surface area contributed by atoms with Crippen LogP contribution in [-0.2, 0) is 20.7 Å². The fraction of sp³-hybridized carbons (Fsp3) is 0.333. The first-order valence-corrected chi connectivity index (χ1v) is 9.66. The number of fused-ring (bicyclic) bond motifs is 1. The van der Waals surface area contributed by atoms with Crippen molar-refractivity contribution in [3.05, 3.63) is 64.1 Å². The maximum Gasteiger partial charge on any atom is 0.310 e. The molecule has 1 unspecified atom stereocenters. The van der Waals surface area contributed by atoms with Crippen LogP contribution in [0, 0.1) is 5.92 Å². The number of hydrogen-bond acceptors (Lipinski definition) is 3. The zero-order valence-electron chi connectivity index (χ0n) is 14.5. The molecule has 3 atom stereocenters. The number of halogens is 1. The Kier molecular flexibility index (Phi) is 4.57. The van der Waals surface area contributed by atoms with Gasteiger partial charge in [0.1, 0.15) is 0 Å². The molecule has 1 fully saturated rings. The van der Waals surface area contributed by atoms with Crippen LogP contribution in [0.5, 0.6) is 0 Å². The third kappa shape index (κ3) is 3.28. The molecule has 26 heavy (non-hydrogen) atoms. The molecule has 1 aliphatic heterocycles. The molecule has 1 amide bonds.